The number of ether oxygens (including phenoxy) is 2. The van der Waals surface area contributed by atoms with Crippen LogP contribution < -0.4 is 19.7 Å². The van der Waals surface area contributed by atoms with E-state index in [0.29, 0.717) is 17.5 Å². The van der Waals surface area contributed by atoms with Crippen LogP contribution in [-0.4, -0.2) is 42.8 Å². The van der Waals surface area contributed by atoms with Crippen molar-refractivity contribution in [2.45, 2.75) is 6.42 Å². The molecule has 0 aliphatic carbocycles. The number of hydrogen-bond donors (Lipinski definition) is 1. The van der Waals surface area contributed by atoms with Gasteiger partial charge in [0.15, 0.2) is 0 Å². The predicted molar refractivity (Wildman–Crippen MR) is 106 cm³/mol. The molecule has 0 saturated carbocycles. The van der Waals surface area contributed by atoms with Gasteiger partial charge in [0.25, 0.3) is 0 Å². The van der Waals surface area contributed by atoms with Crippen LogP contribution >= 0.6 is 0 Å². The summed E-state index contributed by atoms with van der Waals surface area (Å²) in [7, 11) is 5.23. The van der Waals surface area contributed by atoms with Gasteiger partial charge in [0.1, 0.15) is 17.3 Å². The average Bonchev–Trinajstić information content (AvgIpc) is 2.73. The summed E-state index contributed by atoms with van der Waals surface area (Å²) in [6, 6.07) is 11.4. The summed E-state index contributed by atoms with van der Waals surface area (Å²) in [5.41, 5.74) is 2.04. The second-order valence-electron chi connectivity index (χ2n) is 5.96. The van der Waals surface area contributed by atoms with Crippen molar-refractivity contribution in [1.82, 2.24) is 15.0 Å². The van der Waals surface area contributed by atoms with E-state index < -0.39 is 0 Å². The topological polar surface area (TPSA) is 72.4 Å². The number of nitrogens with zero attached hydrogens (tertiary/aromatic N) is 4. The Labute approximate surface area is 159 Å². The van der Waals surface area contributed by atoms with Crippen LogP contribution in [0.5, 0.6) is 11.5 Å². The number of nitrogens with one attached hydrogen (secondary N) is 1. The van der Waals surface area contributed by atoms with Gasteiger partial charge in [-0.1, -0.05) is 0 Å². The third-order valence-electron chi connectivity index (χ3n) is 4.14. The molecule has 7 heteroatoms. The first-order valence-electron chi connectivity index (χ1n) is 8.61. The number of likely N-dealkylation sites (N-methyl/N-ethyl adjacent to an activating group) is 1. The quantitative estimate of drug-likeness (QED) is 0.656. The summed E-state index contributed by atoms with van der Waals surface area (Å²) in [6.07, 6.45) is 6.24. The van der Waals surface area contributed by atoms with E-state index in [9.17, 15) is 0 Å². The highest BCUT2D eigenvalue weighted by Gasteiger charge is 2.09. The normalized spacial score (nSPS) is 10.3. The van der Waals surface area contributed by atoms with Gasteiger partial charge in [-0.2, -0.15) is 4.98 Å². The highest BCUT2D eigenvalue weighted by Crippen LogP contribution is 2.31. The maximum atomic E-state index is 5.42. The lowest BCUT2D eigenvalue weighted by molar-refractivity contribution is 0.395. The number of pyridine rings is 1. The van der Waals surface area contributed by atoms with Gasteiger partial charge < -0.3 is 19.7 Å². The third-order valence-corrected chi connectivity index (χ3v) is 4.14. The van der Waals surface area contributed by atoms with E-state index in [2.05, 4.69) is 20.3 Å². The molecule has 140 valence electrons. The van der Waals surface area contributed by atoms with Gasteiger partial charge in [0.2, 0.25) is 5.95 Å². The third kappa shape index (κ3) is 4.84. The van der Waals surface area contributed by atoms with E-state index in [1.165, 1.54) is 5.56 Å². The zero-order valence-electron chi connectivity index (χ0n) is 15.7. The van der Waals surface area contributed by atoms with E-state index in [1.807, 2.05) is 48.3 Å². The number of hydrogen-bond acceptors (Lipinski definition) is 7. The number of anilines is 3. The molecule has 0 atom stereocenters. The van der Waals surface area contributed by atoms with Crippen molar-refractivity contribution in [2.75, 3.05) is 38.0 Å². The van der Waals surface area contributed by atoms with Gasteiger partial charge in [0, 0.05) is 38.2 Å². The lowest BCUT2D eigenvalue weighted by Gasteiger charge is -2.18. The Balaban J connectivity index is 1.70. The summed E-state index contributed by atoms with van der Waals surface area (Å²) in [5.74, 6) is 2.76. The van der Waals surface area contributed by atoms with Crippen LogP contribution in [0.4, 0.5) is 17.5 Å². The van der Waals surface area contributed by atoms with Gasteiger partial charge in [0.05, 0.1) is 19.9 Å². The first-order chi connectivity index (χ1) is 13.2. The van der Waals surface area contributed by atoms with Gasteiger partial charge in [-0.3, -0.25) is 4.98 Å². The highest BCUT2D eigenvalue weighted by molar-refractivity contribution is 5.66. The summed E-state index contributed by atoms with van der Waals surface area (Å²) in [6.45, 7) is 0.805. The number of aromatic nitrogens is 3. The lowest BCUT2D eigenvalue weighted by atomic mass is 10.2. The molecule has 1 aromatic carbocycles. The van der Waals surface area contributed by atoms with Crippen molar-refractivity contribution in [3.63, 3.8) is 0 Å². The molecule has 2 heterocycles. The second kappa shape index (κ2) is 8.84. The summed E-state index contributed by atoms with van der Waals surface area (Å²) >= 11 is 0. The lowest BCUT2D eigenvalue weighted by Crippen LogP contribution is -2.22. The Morgan fingerprint density at radius 3 is 2.56 bits per heavy atom. The fraction of sp³-hybridized carbons (Fsp3) is 0.250. The van der Waals surface area contributed by atoms with E-state index in [1.54, 1.807) is 32.8 Å². The van der Waals surface area contributed by atoms with Crippen molar-refractivity contribution < 1.29 is 9.47 Å². The van der Waals surface area contributed by atoms with Gasteiger partial charge in [-0.15, -0.1) is 0 Å². The van der Waals surface area contributed by atoms with Crippen molar-refractivity contribution in [2.24, 2.45) is 0 Å². The van der Waals surface area contributed by atoms with Crippen LogP contribution in [0.25, 0.3) is 0 Å². The number of rotatable bonds is 8. The molecule has 0 unspecified atom stereocenters. The molecule has 7 nitrogen and oxygen atoms in total. The molecule has 0 saturated heterocycles. The smallest absolute Gasteiger partial charge is 0.227 e. The molecule has 0 fully saturated rings. The van der Waals surface area contributed by atoms with E-state index in [4.69, 9.17) is 9.47 Å². The van der Waals surface area contributed by atoms with Crippen LogP contribution in [0.3, 0.4) is 0 Å². The van der Waals surface area contributed by atoms with Gasteiger partial charge in [-0.05, 0) is 42.3 Å². The number of methoxy groups -OCH3 is 2. The van der Waals surface area contributed by atoms with Crippen LogP contribution in [0.15, 0.2) is 55.0 Å². The minimum Gasteiger partial charge on any atom is -0.497 e. The SMILES string of the molecule is COc1ccc(Nc2ccnc(N(C)CCc3ccncc3)n2)c(OC)c1. The first-order valence-corrected chi connectivity index (χ1v) is 8.61. The van der Waals surface area contributed by atoms with E-state index in [0.717, 1.165) is 24.4 Å². The first kappa shape index (κ1) is 18.4. The molecule has 1 N–H and O–H groups in total. The highest BCUT2D eigenvalue weighted by atomic mass is 16.5. The summed E-state index contributed by atoms with van der Waals surface area (Å²) < 4.78 is 10.7. The van der Waals surface area contributed by atoms with Crippen LogP contribution in [-0.2, 0) is 6.42 Å². The maximum Gasteiger partial charge on any atom is 0.227 e. The molecule has 0 bridgehead atoms. The van der Waals surface area contributed by atoms with Gasteiger partial charge in [-0.25, -0.2) is 4.98 Å². The Morgan fingerprint density at radius 2 is 1.81 bits per heavy atom. The molecule has 0 amide bonds. The summed E-state index contributed by atoms with van der Waals surface area (Å²) in [4.78, 5) is 15.0. The van der Waals surface area contributed by atoms with Crippen LogP contribution in [0.1, 0.15) is 5.56 Å². The Hall–Kier alpha value is -3.35. The van der Waals surface area contributed by atoms with Crippen molar-refractivity contribution in [3.05, 3.63) is 60.6 Å². The minimum atomic E-state index is 0.654. The standard InChI is InChI=1S/C20H23N5O2/c1-25(13-9-15-6-10-21-11-7-15)20-22-12-8-19(24-20)23-17-5-4-16(26-2)14-18(17)27-3/h4-8,10-12,14H,9,13H2,1-3H3,(H,22,23,24). The zero-order chi connectivity index (χ0) is 19.1. The zero-order valence-corrected chi connectivity index (χ0v) is 15.7. The largest absolute Gasteiger partial charge is 0.497 e. The summed E-state index contributed by atoms with van der Waals surface area (Å²) in [5, 5.41) is 3.28. The molecular formula is C20H23N5O2. The number of benzene rings is 1. The van der Waals surface area contributed by atoms with Crippen LogP contribution in [0.2, 0.25) is 0 Å². The molecular weight excluding hydrogens is 342 g/mol. The molecule has 0 aliphatic heterocycles. The van der Waals surface area contributed by atoms with Crippen molar-refractivity contribution in [3.8, 4) is 11.5 Å². The monoisotopic (exact) mass is 365 g/mol. The molecule has 0 aliphatic rings. The molecule has 0 radical (unpaired) electrons. The molecule has 3 rings (SSSR count). The minimum absolute atomic E-state index is 0.654. The van der Waals surface area contributed by atoms with Crippen molar-refractivity contribution >= 4 is 17.5 Å². The van der Waals surface area contributed by atoms with Crippen molar-refractivity contribution in [1.29, 1.82) is 0 Å². The maximum absolute atomic E-state index is 5.42. The Kier molecular flexibility index (Phi) is 6.04. The Bertz CT molecular complexity index is 873. The predicted octanol–water partition coefficient (Wildman–Crippen LogP) is 3.31. The molecule has 3 aromatic rings. The molecule has 2 aromatic heterocycles. The van der Waals surface area contributed by atoms with Crippen LogP contribution in [0, 0.1) is 0 Å². The van der Waals surface area contributed by atoms with E-state index in [-0.39, 0.29) is 0 Å². The van der Waals surface area contributed by atoms with Gasteiger partial charge >= 0.3 is 0 Å². The van der Waals surface area contributed by atoms with E-state index >= 15 is 0 Å². The fourth-order valence-corrected chi connectivity index (χ4v) is 2.59. The molecule has 27 heavy (non-hydrogen) atoms. The average molecular weight is 365 g/mol. The second-order valence-corrected chi connectivity index (χ2v) is 5.96. The molecule has 0 spiro atoms. The Morgan fingerprint density at radius 1 is 1.00 bits per heavy atom. The fourth-order valence-electron chi connectivity index (χ4n) is 2.59.